The van der Waals surface area contributed by atoms with Crippen LogP contribution in [0.1, 0.15) is 0 Å². The van der Waals surface area contributed by atoms with Crippen molar-refractivity contribution in [2.24, 2.45) is 0 Å². The van der Waals surface area contributed by atoms with Gasteiger partial charge in [-0.2, -0.15) is 0 Å². The van der Waals surface area contributed by atoms with E-state index in [1.165, 1.54) is 11.8 Å². The minimum atomic E-state index is -0.137. The first-order valence-electron chi connectivity index (χ1n) is 8.09. The Labute approximate surface area is 164 Å². The van der Waals surface area contributed by atoms with Crippen molar-refractivity contribution < 1.29 is 14.3 Å². The molecule has 0 spiro atoms. The summed E-state index contributed by atoms with van der Waals surface area (Å²) in [5.41, 5.74) is 2.35. The van der Waals surface area contributed by atoms with Crippen LogP contribution >= 0.6 is 23.4 Å². The molecule has 0 saturated carbocycles. The van der Waals surface area contributed by atoms with Gasteiger partial charge in [-0.3, -0.25) is 4.79 Å². The highest BCUT2D eigenvalue weighted by Crippen LogP contribution is 2.34. The zero-order valence-electron chi connectivity index (χ0n) is 14.0. The van der Waals surface area contributed by atoms with Crippen LogP contribution < -0.4 is 14.8 Å². The number of carbonyl (C=O) groups is 1. The maximum Gasteiger partial charge on any atom is 0.234 e. The van der Waals surface area contributed by atoms with E-state index in [-0.39, 0.29) is 18.5 Å². The van der Waals surface area contributed by atoms with Gasteiger partial charge in [0.15, 0.2) is 11.5 Å². The number of aromatic nitrogens is 2. The van der Waals surface area contributed by atoms with Gasteiger partial charge in [0.05, 0.1) is 11.4 Å². The molecule has 0 saturated heterocycles. The minimum Gasteiger partial charge on any atom is -0.454 e. The number of amides is 1. The predicted octanol–water partition coefficient (Wildman–Crippen LogP) is 4.26. The quantitative estimate of drug-likeness (QED) is 0.646. The Morgan fingerprint density at radius 3 is 2.63 bits per heavy atom. The Kier molecular flexibility index (Phi) is 5.13. The molecule has 27 heavy (non-hydrogen) atoms. The second kappa shape index (κ2) is 7.85. The molecule has 2 aromatic carbocycles. The molecule has 1 amide bonds. The van der Waals surface area contributed by atoms with Gasteiger partial charge < -0.3 is 14.8 Å². The zero-order valence-corrected chi connectivity index (χ0v) is 15.6. The Morgan fingerprint density at radius 2 is 1.85 bits per heavy atom. The third kappa shape index (κ3) is 4.32. The van der Waals surface area contributed by atoms with Gasteiger partial charge in [0, 0.05) is 22.3 Å². The van der Waals surface area contributed by atoms with E-state index >= 15 is 0 Å². The lowest BCUT2D eigenvalue weighted by Crippen LogP contribution is -2.14. The molecule has 136 valence electrons. The van der Waals surface area contributed by atoms with Crippen molar-refractivity contribution >= 4 is 35.0 Å². The summed E-state index contributed by atoms with van der Waals surface area (Å²) in [5.74, 6) is 1.40. The van der Waals surface area contributed by atoms with Crippen molar-refractivity contribution in [1.29, 1.82) is 0 Å². The molecule has 0 radical (unpaired) electrons. The zero-order chi connectivity index (χ0) is 18.6. The number of fused-ring (bicyclic) bond motifs is 1. The molecule has 2 heterocycles. The first-order valence-corrected chi connectivity index (χ1v) is 9.46. The highest BCUT2D eigenvalue weighted by molar-refractivity contribution is 7.99. The van der Waals surface area contributed by atoms with Gasteiger partial charge in [0.2, 0.25) is 12.7 Å². The van der Waals surface area contributed by atoms with E-state index in [9.17, 15) is 4.79 Å². The standard InChI is InChI=1S/C19H14ClN3O3S/c20-13-3-1-12(2-4-13)15-6-8-19(23-22-15)27-10-18(24)21-14-5-7-16-17(9-14)26-11-25-16/h1-9H,10-11H2,(H,21,24). The lowest BCUT2D eigenvalue weighted by atomic mass is 10.1. The van der Waals surface area contributed by atoms with Crippen LogP contribution in [0.4, 0.5) is 5.69 Å². The van der Waals surface area contributed by atoms with Gasteiger partial charge >= 0.3 is 0 Å². The molecule has 8 heteroatoms. The number of thioether (sulfide) groups is 1. The summed E-state index contributed by atoms with van der Waals surface area (Å²) in [7, 11) is 0. The molecule has 6 nitrogen and oxygen atoms in total. The summed E-state index contributed by atoms with van der Waals surface area (Å²) < 4.78 is 10.6. The Balaban J connectivity index is 1.33. The van der Waals surface area contributed by atoms with Crippen molar-refractivity contribution in [3.05, 3.63) is 59.6 Å². The van der Waals surface area contributed by atoms with E-state index in [4.69, 9.17) is 21.1 Å². The van der Waals surface area contributed by atoms with Crippen molar-refractivity contribution in [1.82, 2.24) is 10.2 Å². The molecule has 1 aromatic heterocycles. The van der Waals surface area contributed by atoms with Crippen molar-refractivity contribution in [3.63, 3.8) is 0 Å². The number of halogens is 1. The second-order valence-electron chi connectivity index (χ2n) is 5.67. The molecule has 0 unspecified atom stereocenters. The summed E-state index contributed by atoms with van der Waals surface area (Å²) in [4.78, 5) is 12.1. The first kappa shape index (κ1) is 17.6. The molecule has 1 aliphatic rings. The van der Waals surface area contributed by atoms with Gasteiger partial charge in [-0.25, -0.2) is 0 Å². The fourth-order valence-electron chi connectivity index (χ4n) is 2.48. The minimum absolute atomic E-state index is 0.137. The molecular weight excluding hydrogens is 386 g/mol. The fraction of sp³-hybridized carbons (Fsp3) is 0.105. The van der Waals surface area contributed by atoms with Crippen LogP contribution in [-0.4, -0.2) is 28.7 Å². The van der Waals surface area contributed by atoms with Crippen LogP contribution in [0, 0.1) is 0 Å². The SMILES string of the molecule is O=C(CSc1ccc(-c2ccc(Cl)cc2)nn1)Nc1ccc2c(c1)OCO2. The van der Waals surface area contributed by atoms with E-state index in [2.05, 4.69) is 15.5 Å². The highest BCUT2D eigenvalue weighted by Gasteiger charge is 2.14. The molecule has 0 aliphatic carbocycles. The van der Waals surface area contributed by atoms with E-state index in [1.807, 2.05) is 36.4 Å². The molecule has 1 aliphatic heterocycles. The fourth-order valence-corrected chi connectivity index (χ4v) is 3.22. The van der Waals surface area contributed by atoms with Gasteiger partial charge in [0.25, 0.3) is 0 Å². The molecular formula is C19H14ClN3O3S. The summed E-state index contributed by atoms with van der Waals surface area (Å²) in [6, 6.07) is 16.4. The number of ether oxygens (including phenoxy) is 2. The van der Waals surface area contributed by atoms with Gasteiger partial charge in [0.1, 0.15) is 5.03 Å². The van der Waals surface area contributed by atoms with Gasteiger partial charge in [-0.15, -0.1) is 10.2 Å². The monoisotopic (exact) mass is 399 g/mol. The maximum atomic E-state index is 12.1. The number of nitrogens with one attached hydrogen (secondary N) is 1. The molecule has 0 fully saturated rings. The van der Waals surface area contributed by atoms with Crippen LogP contribution in [-0.2, 0) is 4.79 Å². The van der Waals surface area contributed by atoms with Crippen molar-refractivity contribution in [2.45, 2.75) is 5.03 Å². The van der Waals surface area contributed by atoms with E-state index in [0.29, 0.717) is 27.2 Å². The predicted molar refractivity (Wildman–Crippen MR) is 104 cm³/mol. The number of nitrogens with zero attached hydrogens (tertiary/aromatic N) is 2. The molecule has 3 aromatic rings. The normalized spacial score (nSPS) is 12.0. The Bertz CT molecular complexity index is 965. The summed E-state index contributed by atoms with van der Waals surface area (Å²) >= 11 is 7.21. The lowest BCUT2D eigenvalue weighted by Gasteiger charge is -2.06. The average molecular weight is 400 g/mol. The maximum absolute atomic E-state index is 12.1. The molecule has 1 N–H and O–H groups in total. The number of hydrogen-bond acceptors (Lipinski definition) is 6. The summed E-state index contributed by atoms with van der Waals surface area (Å²) in [6.07, 6.45) is 0. The van der Waals surface area contributed by atoms with Crippen LogP contribution in [0.3, 0.4) is 0 Å². The van der Waals surface area contributed by atoms with E-state index < -0.39 is 0 Å². The van der Waals surface area contributed by atoms with E-state index in [1.54, 1.807) is 18.2 Å². The molecule has 0 bridgehead atoms. The smallest absolute Gasteiger partial charge is 0.234 e. The number of rotatable bonds is 5. The van der Waals surface area contributed by atoms with Gasteiger partial charge in [-0.05, 0) is 36.4 Å². The number of benzene rings is 2. The van der Waals surface area contributed by atoms with Gasteiger partial charge in [-0.1, -0.05) is 35.5 Å². The van der Waals surface area contributed by atoms with Crippen molar-refractivity contribution in [2.75, 3.05) is 17.9 Å². The number of carbonyl (C=O) groups excluding carboxylic acids is 1. The average Bonchev–Trinajstić information content (AvgIpc) is 3.15. The number of anilines is 1. The molecule has 4 rings (SSSR count). The van der Waals surface area contributed by atoms with Crippen LogP contribution in [0.25, 0.3) is 11.3 Å². The second-order valence-corrected chi connectivity index (χ2v) is 7.10. The highest BCUT2D eigenvalue weighted by atomic mass is 35.5. The summed E-state index contributed by atoms with van der Waals surface area (Å²) in [6.45, 7) is 0.202. The van der Waals surface area contributed by atoms with Crippen LogP contribution in [0.2, 0.25) is 5.02 Å². The van der Waals surface area contributed by atoms with E-state index in [0.717, 1.165) is 11.3 Å². The molecule has 0 atom stereocenters. The summed E-state index contributed by atoms with van der Waals surface area (Å²) in [5, 5.41) is 12.5. The third-order valence-electron chi connectivity index (χ3n) is 3.79. The first-order chi connectivity index (χ1) is 13.2. The lowest BCUT2D eigenvalue weighted by molar-refractivity contribution is -0.113. The Morgan fingerprint density at radius 1 is 1.04 bits per heavy atom. The van der Waals surface area contributed by atoms with Crippen LogP contribution in [0.15, 0.2) is 59.6 Å². The largest absolute Gasteiger partial charge is 0.454 e. The van der Waals surface area contributed by atoms with Crippen LogP contribution in [0.5, 0.6) is 11.5 Å². The topological polar surface area (TPSA) is 73.3 Å². The van der Waals surface area contributed by atoms with Crippen molar-refractivity contribution in [3.8, 4) is 22.8 Å². The third-order valence-corrected chi connectivity index (χ3v) is 4.96. The number of hydrogen-bond donors (Lipinski definition) is 1. The Hall–Kier alpha value is -2.77.